The molecule has 0 aliphatic carbocycles. The molecule has 0 atom stereocenters. The van der Waals surface area contributed by atoms with Crippen molar-refractivity contribution in [3.05, 3.63) is 66.3 Å². The lowest BCUT2D eigenvalue weighted by molar-refractivity contribution is -0.114. The van der Waals surface area contributed by atoms with Crippen molar-refractivity contribution in [2.75, 3.05) is 24.4 Å². The van der Waals surface area contributed by atoms with Crippen LogP contribution in [-0.4, -0.2) is 25.5 Å². The summed E-state index contributed by atoms with van der Waals surface area (Å²) in [4.78, 5) is 23.5. The summed E-state index contributed by atoms with van der Waals surface area (Å²) in [5, 5.41) is 5.51. The second-order valence-corrected chi connectivity index (χ2v) is 6.04. The average molecular weight is 380 g/mol. The van der Waals surface area contributed by atoms with Gasteiger partial charge in [-0.05, 0) is 48.4 Å². The van der Waals surface area contributed by atoms with E-state index in [-0.39, 0.29) is 11.8 Å². The average Bonchev–Trinajstić information content (AvgIpc) is 2.67. The summed E-state index contributed by atoms with van der Waals surface area (Å²) in [6, 6.07) is 10.7. The van der Waals surface area contributed by atoms with Crippen LogP contribution in [0.25, 0.3) is 6.08 Å². The van der Waals surface area contributed by atoms with Crippen LogP contribution in [0.3, 0.4) is 0 Å². The lowest BCUT2D eigenvalue weighted by Crippen LogP contribution is -2.10. The maximum absolute atomic E-state index is 12.2. The van der Waals surface area contributed by atoms with Crippen LogP contribution >= 0.6 is 0 Å². The van der Waals surface area contributed by atoms with Crippen molar-refractivity contribution in [1.82, 2.24) is 0 Å². The third-order valence-corrected chi connectivity index (χ3v) is 3.79. The second kappa shape index (κ2) is 9.97. The van der Waals surface area contributed by atoms with E-state index in [1.54, 1.807) is 43.5 Å². The Morgan fingerprint density at radius 3 is 2.57 bits per heavy atom. The van der Waals surface area contributed by atoms with Crippen LogP contribution in [0.5, 0.6) is 11.5 Å². The van der Waals surface area contributed by atoms with E-state index in [1.807, 2.05) is 19.1 Å². The summed E-state index contributed by atoms with van der Waals surface area (Å²) in [5.74, 6) is 0.724. The largest absolute Gasteiger partial charge is 0.493 e. The van der Waals surface area contributed by atoms with E-state index in [0.29, 0.717) is 29.5 Å². The lowest BCUT2D eigenvalue weighted by Gasteiger charge is -2.10. The summed E-state index contributed by atoms with van der Waals surface area (Å²) in [7, 11) is 1.56. The molecule has 6 nitrogen and oxygen atoms in total. The van der Waals surface area contributed by atoms with Gasteiger partial charge in [-0.25, -0.2) is 0 Å². The Morgan fingerprint density at radius 1 is 1.11 bits per heavy atom. The van der Waals surface area contributed by atoms with E-state index in [0.717, 1.165) is 11.1 Å². The first-order valence-corrected chi connectivity index (χ1v) is 8.72. The molecule has 0 aliphatic rings. The predicted molar refractivity (Wildman–Crippen MR) is 112 cm³/mol. The van der Waals surface area contributed by atoms with E-state index >= 15 is 0 Å². The van der Waals surface area contributed by atoms with Gasteiger partial charge in [-0.15, -0.1) is 0 Å². The van der Waals surface area contributed by atoms with Gasteiger partial charge in [-0.1, -0.05) is 24.8 Å². The first-order chi connectivity index (χ1) is 13.4. The summed E-state index contributed by atoms with van der Waals surface area (Å²) < 4.78 is 10.8. The smallest absolute Gasteiger partial charge is 0.248 e. The fraction of sp³-hybridized carbons (Fsp3) is 0.182. The van der Waals surface area contributed by atoms with Crippen LogP contribution in [-0.2, 0) is 9.59 Å². The number of hydrogen-bond donors (Lipinski definition) is 2. The van der Waals surface area contributed by atoms with Crippen molar-refractivity contribution in [2.24, 2.45) is 0 Å². The van der Waals surface area contributed by atoms with E-state index in [9.17, 15) is 9.59 Å². The molecule has 0 radical (unpaired) electrons. The van der Waals surface area contributed by atoms with Crippen molar-refractivity contribution in [3.8, 4) is 11.5 Å². The van der Waals surface area contributed by atoms with Gasteiger partial charge in [-0.3, -0.25) is 9.59 Å². The van der Waals surface area contributed by atoms with Gasteiger partial charge in [-0.2, -0.15) is 0 Å². The van der Waals surface area contributed by atoms with Gasteiger partial charge in [0.25, 0.3) is 0 Å². The van der Waals surface area contributed by atoms with E-state index in [2.05, 4.69) is 17.2 Å². The Bertz CT molecular complexity index is 903. The number of benzene rings is 2. The molecule has 0 spiro atoms. The topological polar surface area (TPSA) is 76.7 Å². The molecule has 2 N–H and O–H groups in total. The van der Waals surface area contributed by atoms with Crippen LogP contribution < -0.4 is 20.1 Å². The Labute approximate surface area is 164 Å². The maximum atomic E-state index is 12.2. The summed E-state index contributed by atoms with van der Waals surface area (Å²) >= 11 is 0. The minimum absolute atomic E-state index is 0.166. The fourth-order valence-corrected chi connectivity index (χ4v) is 2.44. The number of anilines is 2. The quantitative estimate of drug-likeness (QED) is 0.532. The Kier molecular flexibility index (Phi) is 7.39. The zero-order valence-corrected chi connectivity index (χ0v) is 16.2. The monoisotopic (exact) mass is 380 g/mol. The molecular weight excluding hydrogens is 356 g/mol. The molecule has 0 saturated heterocycles. The summed E-state index contributed by atoms with van der Waals surface area (Å²) in [6.07, 6.45) is 4.76. The molecule has 0 aromatic heterocycles. The first kappa shape index (κ1) is 20.8. The highest BCUT2D eigenvalue weighted by Crippen LogP contribution is 2.28. The normalized spacial score (nSPS) is 10.4. The van der Waals surface area contributed by atoms with Crippen molar-refractivity contribution in [1.29, 1.82) is 0 Å². The second-order valence-electron chi connectivity index (χ2n) is 6.04. The number of aryl methyl sites for hydroxylation is 1. The van der Waals surface area contributed by atoms with Crippen molar-refractivity contribution < 1.29 is 19.1 Å². The zero-order valence-electron chi connectivity index (χ0n) is 16.2. The number of hydrogen-bond acceptors (Lipinski definition) is 4. The Morgan fingerprint density at radius 2 is 1.89 bits per heavy atom. The minimum atomic E-state index is -0.288. The molecule has 2 rings (SSSR count). The number of amides is 2. The highest BCUT2D eigenvalue weighted by Gasteiger charge is 2.06. The van der Waals surface area contributed by atoms with Crippen LogP contribution in [0.15, 0.2) is 55.1 Å². The third-order valence-electron chi connectivity index (χ3n) is 3.79. The SMILES string of the molecule is C=CCOc1ccc(/C=C/C(=O)Nc2ccc(C)c(NC(C)=O)c2)cc1OC. The Hall–Kier alpha value is -3.54. The summed E-state index contributed by atoms with van der Waals surface area (Å²) in [6.45, 7) is 7.32. The van der Waals surface area contributed by atoms with Crippen LogP contribution in [0.1, 0.15) is 18.1 Å². The molecule has 146 valence electrons. The van der Waals surface area contributed by atoms with Gasteiger partial charge in [0.1, 0.15) is 6.61 Å². The number of nitrogens with one attached hydrogen (secondary N) is 2. The summed E-state index contributed by atoms with van der Waals surface area (Å²) in [5.41, 5.74) is 2.96. The van der Waals surface area contributed by atoms with Crippen LogP contribution in [0.4, 0.5) is 11.4 Å². The standard InChI is InChI=1S/C22H24N2O4/c1-5-12-28-20-10-7-17(13-21(20)27-4)8-11-22(26)24-18-9-6-15(2)19(14-18)23-16(3)25/h5-11,13-14H,1,12H2,2-4H3,(H,23,25)(H,24,26)/b11-8+. The molecule has 28 heavy (non-hydrogen) atoms. The highest BCUT2D eigenvalue weighted by atomic mass is 16.5. The van der Waals surface area contributed by atoms with Gasteiger partial charge >= 0.3 is 0 Å². The number of methoxy groups -OCH3 is 1. The molecular formula is C22H24N2O4. The third kappa shape index (κ3) is 6.02. The van der Waals surface area contributed by atoms with Gasteiger partial charge in [0, 0.05) is 24.4 Å². The van der Waals surface area contributed by atoms with Crippen molar-refractivity contribution in [2.45, 2.75) is 13.8 Å². The maximum Gasteiger partial charge on any atom is 0.248 e. The van der Waals surface area contributed by atoms with Crippen molar-refractivity contribution in [3.63, 3.8) is 0 Å². The van der Waals surface area contributed by atoms with Crippen LogP contribution in [0, 0.1) is 6.92 Å². The molecule has 2 aromatic carbocycles. The molecule has 0 fully saturated rings. The number of carbonyl (C=O) groups is 2. The first-order valence-electron chi connectivity index (χ1n) is 8.72. The molecule has 0 bridgehead atoms. The molecule has 6 heteroatoms. The number of carbonyl (C=O) groups excluding carboxylic acids is 2. The van der Waals surface area contributed by atoms with E-state index < -0.39 is 0 Å². The highest BCUT2D eigenvalue weighted by molar-refractivity contribution is 6.02. The molecule has 0 saturated carbocycles. The van der Waals surface area contributed by atoms with Gasteiger partial charge in [0.05, 0.1) is 7.11 Å². The molecule has 2 amide bonds. The van der Waals surface area contributed by atoms with Crippen molar-refractivity contribution >= 4 is 29.3 Å². The number of ether oxygens (including phenoxy) is 2. The lowest BCUT2D eigenvalue weighted by atomic mass is 10.1. The predicted octanol–water partition coefficient (Wildman–Crippen LogP) is 4.18. The van der Waals surface area contributed by atoms with Gasteiger partial charge in [0.15, 0.2) is 11.5 Å². The van der Waals surface area contributed by atoms with E-state index in [4.69, 9.17) is 9.47 Å². The van der Waals surface area contributed by atoms with E-state index in [1.165, 1.54) is 13.0 Å². The Balaban J connectivity index is 2.07. The molecule has 2 aromatic rings. The minimum Gasteiger partial charge on any atom is -0.493 e. The zero-order chi connectivity index (χ0) is 20.5. The van der Waals surface area contributed by atoms with Crippen LogP contribution in [0.2, 0.25) is 0 Å². The molecule has 0 unspecified atom stereocenters. The molecule has 0 aliphatic heterocycles. The molecule has 0 heterocycles. The van der Waals surface area contributed by atoms with Gasteiger partial charge < -0.3 is 20.1 Å². The fourth-order valence-electron chi connectivity index (χ4n) is 2.44. The number of rotatable bonds is 8. The van der Waals surface area contributed by atoms with Gasteiger partial charge in [0.2, 0.25) is 11.8 Å².